The zero-order valence-corrected chi connectivity index (χ0v) is 12.5. The molecule has 3 heteroatoms. The highest BCUT2D eigenvalue weighted by molar-refractivity contribution is 7.99. The van der Waals surface area contributed by atoms with E-state index < -0.39 is 0 Å². The van der Waals surface area contributed by atoms with E-state index in [1.165, 1.54) is 51.9 Å². The van der Waals surface area contributed by atoms with E-state index in [2.05, 4.69) is 29.9 Å². The molecule has 2 saturated heterocycles. The van der Waals surface area contributed by atoms with E-state index in [4.69, 9.17) is 0 Å². The largest absolute Gasteiger partial charge is 0.298 e. The number of piperazine rings is 1. The number of piperidine rings is 1. The SMILES string of the molecule is CSC(C)CCN1CC2CCCCN2CC1C. The molecule has 0 aromatic carbocycles. The Morgan fingerprint density at radius 3 is 2.88 bits per heavy atom. The van der Waals surface area contributed by atoms with Gasteiger partial charge in [0.05, 0.1) is 0 Å². The Bertz CT molecular complexity index is 234. The summed E-state index contributed by atoms with van der Waals surface area (Å²) >= 11 is 2.00. The van der Waals surface area contributed by atoms with Crippen molar-refractivity contribution < 1.29 is 0 Å². The van der Waals surface area contributed by atoms with Gasteiger partial charge in [0.25, 0.3) is 0 Å². The van der Waals surface area contributed by atoms with Crippen molar-refractivity contribution in [2.45, 2.75) is 56.9 Å². The number of rotatable bonds is 4. The summed E-state index contributed by atoms with van der Waals surface area (Å²) in [6.07, 6.45) is 7.88. The predicted molar refractivity (Wildman–Crippen MR) is 77.8 cm³/mol. The molecule has 2 aliphatic heterocycles. The molecule has 2 aliphatic rings. The van der Waals surface area contributed by atoms with Crippen molar-refractivity contribution in [2.24, 2.45) is 0 Å². The monoisotopic (exact) mass is 256 g/mol. The fourth-order valence-electron chi connectivity index (χ4n) is 3.19. The lowest BCUT2D eigenvalue weighted by atomic mass is 9.97. The van der Waals surface area contributed by atoms with Gasteiger partial charge >= 0.3 is 0 Å². The summed E-state index contributed by atoms with van der Waals surface area (Å²) in [5.41, 5.74) is 0. The van der Waals surface area contributed by atoms with E-state index in [9.17, 15) is 0 Å². The third kappa shape index (κ3) is 3.62. The van der Waals surface area contributed by atoms with Crippen LogP contribution in [0.4, 0.5) is 0 Å². The highest BCUT2D eigenvalue weighted by Gasteiger charge is 2.32. The van der Waals surface area contributed by atoms with Gasteiger partial charge in [-0.2, -0.15) is 11.8 Å². The van der Waals surface area contributed by atoms with Crippen molar-refractivity contribution in [1.82, 2.24) is 9.80 Å². The average molecular weight is 256 g/mol. The van der Waals surface area contributed by atoms with Crippen LogP contribution in [0.5, 0.6) is 0 Å². The zero-order chi connectivity index (χ0) is 12.3. The molecule has 2 rings (SSSR count). The topological polar surface area (TPSA) is 6.48 Å². The summed E-state index contributed by atoms with van der Waals surface area (Å²) in [4.78, 5) is 5.47. The van der Waals surface area contributed by atoms with Gasteiger partial charge in [0, 0.05) is 30.4 Å². The van der Waals surface area contributed by atoms with Crippen molar-refractivity contribution in [3.8, 4) is 0 Å². The maximum Gasteiger partial charge on any atom is 0.0223 e. The average Bonchev–Trinajstić information content (AvgIpc) is 2.35. The second-order valence-electron chi connectivity index (χ2n) is 5.82. The molecule has 0 aliphatic carbocycles. The van der Waals surface area contributed by atoms with Crippen LogP contribution in [-0.4, -0.2) is 59.6 Å². The van der Waals surface area contributed by atoms with Gasteiger partial charge in [0.15, 0.2) is 0 Å². The van der Waals surface area contributed by atoms with E-state index in [1.807, 2.05) is 11.8 Å². The number of thioether (sulfide) groups is 1. The maximum absolute atomic E-state index is 2.74. The first kappa shape index (κ1) is 13.7. The molecule has 0 spiro atoms. The van der Waals surface area contributed by atoms with Crippen LogP contribution < -0.4 is 0 Å². The first-order chi connectivity index (χ1) is 8.20. The van der Waals surface area contributed by atoms with E-state index in [-0.39, 0.29) is 0 Å². The molecular formula is C14H28N2S. The molecule has 0 bridgehead atoms. The number of nitrogens with zero attached hydrogens (tertiary/aromatic N) is 2. The van der Waals surface area contributed by atoms with Gasteiger partial charge in [-0.05, 0) is 45.5 Å². The van der Waals surface area contributed by atoms with E-state index >= 15 is 0 Å². The molecule has 0 aromatic rings. The predicted octanol–water partition coefficient (Wildman–Crippen LogP) is 2.69. The fraction of sp³-hybridized carbons (Fsp3) is 1.00. The molecule has 2 fully saturated rings. The summed E-state index contributed by atoms with van der Waals surface area (Å²) in [5.74, 6) is 0. The van der Waals surface area contributed by atoms with Crippen LogP contribution in [0, 0.1) is 0 Å². The standard InChI is InChI=1S/C14H28N2S/c1-12-10-16-8-5-4-6-14(16)11-15(12)9-7-13(2)17-3/h12-14H,4-11H2,1-3H3. The number of fused-ring (bicyclic) bond motifs is 1. The zero-order valence-electron chi connectivity index (χ0n) is 11.7. The summed E-state index contributed by atoms with van der Waals surface area (Å²) in [5, 5.41) is 0.812. The Morgan fingerprint density at radius 2 is 2.12 bits per heavy atom. The third-order valence-electron chi connectivity index (χ3n) is 4.54. The van der Waals surface area contributed by atoms with Crippen molar-refractivity contribution in [2.75, 3.05) is 32.4 Å². The number of hydrogen-bond acceptors (Lipinski definition) is 3. The van der Waals surface area contributed by atoms with E-state index in [0.29, 0.717) is 0 Å². The van der Waals surface area contributed by atoms with Crippen LogP contribution in [0.3, 0.4) is 0 Å². The van der Waals surface area contributed by atoms with Gasteiger partial charge in [-0.3, -0.25) is 9.80 Å². The highest BCUT2D eigenvalue weighted by Crippen LogP contribution is 2.24. The minimum absolute atomic E-state index is 0.762. The summed E-state index contributed by atoms with van der Waals surface area (Å²) in [6, 6.07) is 1.63. The van der Waals surface area contributed by atoms with Gasteiger partial charge in [0.1, 0.15) is 0 Å². The minimum atomic E-state index is 0.762. The van der Waals surface area contributed by atoms with Crippen LogP contribution in [0.1, 0.15) is 39.5 Å². The number of hydrogen-bond donors (Lipinski definition) is 0. The quantitative estimate of drug-likeness (QED) is 0.763. The second-order valence-corrected chi connectivity index (χ2v) is 7.10. The van der Waals surface area contributed by atoms with Crippen molar-refractivity contribution >= 4 is 11.8 Å². The highest BCUT2D eigenvalue weighted by atomic mass is 32.2. The van der Waals surface area contributed by atoms with E-state index in [0.717, 1.165) is 17.3 Å². The molecule has 2 nitrogen and oxygen atoms in total. The van der Waals surface area contributed by atoms with Gasteiger partial charge in [-0.15, -0.1) is 0 Å². The Labute approximate surface area is 111 Å². The lowest BCUT2D eigenvalue weighted by Gasteiger charge is -2.47. The smallest absolute Gasteiger partial charge is 0.0223 e. The summed E-state index contributed by atoms with van der Waals surface area (Å²) in [6.45, 7) is 10.0. The molecule has 0 radical (unpaired) electrons. The van der Waals surface area contributed by atoms with Crippen LogP contribution in [0.25, 0.3) is 0 Å². The van der Waals surface area contributed by atoms with Crippen LogP contribution in [0.15, 0.2) is 0 Å². The normalized spacial score (nSPS) is 33.4. The van der Waals surface area contributed by atoms with Crippen molar-refractivity contribution in [3.63, 3.8) is 0 Å². The third-order valence-corrected chi connectivity index (χ3v) is 5.58. The Balaban J connectivity index is 1.82. The molecule has 3 atom stereocenters. The fourth-order valence-corrected chi connectivity index (χ4v) is 3.53. The molecule has 2 heterocycles. The molecule has 100 valence electrons. The van der Waals surface area contributed by atoms with Crippen LogP contribution in [-0.2, 0) is 0 Å². The van der Waals surface area contributed by atoms with E-state index in [1.54, 1.807) is 0 Å². The molecular weight excluding hydrogens is 228 g/mol. The molecule has 0 N–H and O–H groups in total. The lowest BCUT2D eigenvalue weighted by Crippen LogP contribution is -2.58. The molecule has 0 amide bonds. The van der Waals surface area contributed by atoms with Gasteiger partial charge < -0.3 is 0 Å². The first-order valence-electron chi connectivity index (χ1n) is 7.21. The van der Waals surface area contributed by atoms with Crippen molar-refractivity contribution in [1.29, 1.82) is 0 Å². The molecule has 17 heavy (non-hydrogen) atoms. The second kappa shape index (κ2) is 6.44. The van der Waals surface area contributed by atoms with Crippen LogP contribution in [0.2, 0.25) is 0 Å². The minimum Gasteiger partial charge on any atom is -0.298 e. The molecule has 0 aromatic heterocycles. The van der Waals surface area contributed by atoms with Crippen LogP contribution >= 0.6 is 11.8 Å². The molecule has 3 unspecified atom stereocenters. The maximum atomic E-state index is 2.74. The Morgan fingerprint density at radius 1 is 1.29 bits per heavy atom. The summed E-state index contributed by atoms with van der Waals surface area (Å²) < 4.78 is 0. The van der Waals surface area contributed by atoms with Gasteiger partial charge in [-0.25, -0.2) is 0 Å². The van der Waals surface area contributed by atoms with Gasteiger partial charge in [-0.1, -0.05) is 13.3 Å². The van der Waals surface area contributed by atoms with Gasteiger partial charge in [0.2, 0.25) is 0 Å². The summed E-state index contributed by atoms with van der Waals surface area (Å²) in [7, 11) is 0. The Kier molecular flexibility index (Phi) is 5.19. The molecule has 0 saturated carbocycles. The van der Waals surface area contributed by atoms with Crippen molar-refractivity contribution in [3.05, 3.63) is 0 Å². The Hall–Kier alpha value is 0.270. The first-order valence-corrected chi connectivity index (χ1v) is 8.50. The lowest BCUT2D eigenvalue weighted by molar-refractivity contribution is 0.0150.